The molecule has 0 saturated heterocycles. The normalized spacial score (nSPS) is 12.4. The molecule has 6 heteroatoms. The van der Waals surface area contributed by atoms with Crippen LogP contribution in [0.15, 0.2) is 173 Å². The number of benzene rings is 8. The van der Waals surface area contributed by atoms with Gasteiger partial charge in [0.2, 0.25) is 5.78 Å². The van der Waals surface area contributed by atoms with Gasteiger partial charge in [0.25, 0.3) is 0 Å². The quantitative estimate of drug-likeness (QED) is 0.181. The van der Waals surface area contributed by atoms with Crippen LogP contribution < -0.4 is 0 Å². The zero-order valence-electron chi connectivity index (χ0n) is 30.9. The van der Waals surface area contributed by atoms with E-state index in [1.807, 2.05) is 18.2 Å². The zero-order chi connectivity index (χ0) is 37.4. The predicted octanol–water partition coefficient (Wildman–Crippen LogP) is 13.2. The summed E-state index contributed by atoms with van der Waals surface area (Å²) in [4.78, 5) is 5.21. The summed E-state index contributed by atoms with van der Waals surface area (Å²) in [7, 11) is 0. The molecule has 5 heterocycles. The molecule has 0 radical (unpaired) electrons. The van der Waals surface area contributed by atoms with Crippen molar-refractivity contribution in [3.05, 3.63) is 180 Å². The van der Waals surface area contributed by atoms with Gasteiger partial charge in [-0.15, -0.1) is 0 Å². The van der Waals surface area contributed by atoms with Crippen molar-refractivity contribution in [1.29, 1.82) is 0 Å². The van der Waals surface area contributed by atoms with Gasteiger partial charge < -0.3 is 13.4 Å². The van der Waals surface area contributed by atoms with Gasteiger partial charge in [-0.3, -0.25) is 8.97 Å². The second kappa shape index (κ2) is 11.2. The van der Waals surface area contributed by atoms with Crippen LogP contribution in [0, 0.1) is 6.92 Å². The topological polar surface area (TPSA) is 53.4 Å². The van der Waals surface area contributed by atoms with Gasteiger partial charge in [-0.1, -0.05) is 84.9 Å². The number of hydrogen-bond acceptors (Lipinski definition) is 3. The van der Waals surface area contributed by atoms with Crippen LogP contribution in [-0.2, 0) is 6.42 Å². The minimum absolute atomic E-state index is 0.738. The number of aryl methyl sites for hydroxylation is 1. The van der Waals surface area contributed by atoms with E-state index in [1.165, 1.54) is 27.5 Å². The Kier molecular flexibility index (Phi) is 6.06. The summed E-state index contributed by atoms with van der Waals surface area (Å²) in [5, 5.41) is 6.90. The number of para-hydroxylation sites is 7. The SMILES string of the molecule is Cc1cc(-n2c3ccccc3c3cc(Cc4cc(-n5c6ccccc6n6c7ccccc7nc56)c5oc6ccccc6c5c4)ccc32)c2oc3ccccc3c2c1. The Bertz CT molecular complexity index is 3810. The van der Waals surface area contributed by atoms with Crippen molar-refractivity contribution in [3.8, 4) is 11.4 Å². The molecule has 13 aromatic rings. The molecule has 0 fully saturated rings. The van der Waals surface area contributed by atoms with E-state index in [0.29, 0.717) is 0 Å². The third kappa shape index (κ3) is 4.27. The zero-order valence-corrected chi connectivity index (χ0v) is 30.9. The molecule has 57 heavy (non-hydrogen) atoms. The van der Waals surface area contributed by atoms with Gasteiger partial charge in [-0.2, -0.15) is 0 Å². The molecule has 268 valence electrons. The number of hydrogen-bond donors (Lipinski definition) is 0. The molecule has 6 nitrogen and oxygen atoms in total. The molecule has 0 spiro atoms. The predicted molar refractivity (Wildman–Crippen MR) is 232 cm³/mol. The summed E-state index contributed by atoms with van der Waals surface area (Å²) in [6, 6.07) is 58.3. The van der Waals surface area contributed by atoms with Gasteiger partial charge >= 0.3 is 0 Å². The van der Waals surface area contributed by atoms with Crippen molar-refractivity contribution in [2.75, 3.05) is 0 Å². The highest BCUT2D eigenvalue weighted by Crippen LogP contribution is 2.41. The Morgan fingerprint density at radius 1 is 0.439 bits per heavy atom. The summed E-state index contributed by atoms with van der Waals surface area (Å²) in [5.74, 6) is 0.861. The largest absolute Gasteiger partial charge is 0.454 e. The Morgan fingerprint density at radius 3 is 1.79 bits per heavy atom. The van der Waals surface area contributed by atoms with E-state index >= 15 is 0 Å². The lowest BCUT2D eigenvalue weighted by atomic mass is 9.99. The molecule has 0 unspecified atom stereocenters. The monoisotopic (exact) mass is 732 g/mol. The van der Waals surface area contributed by atoms with Crippen molar-refractivity contribution in [1.82, 2.24) is 18.5 Å². The first-order valence-electron chi connectivity index (χ1n) is 19.4. The standard InChI is InChI=1S/C51H32N4O2/c1-30-24-37-34-13-3-10-20-47(34)56-49(37)45(25-30)53-40-16-6-2-12-33(40)36-27-31(22-23-41(36)53)26-32-28-38-35-14-4-11-21-48(35)57-50(38)46(29-32)55-44-19-9-8-18-43(44)54-42-17-7-5-15-39(42)52-51(54)55/h2-25,27-29H,26H2,1H3. The first-order valence-corrected chi connectivity index (χ1v) is 19.4. The molecule has 0 aliphatic carbocycles. The Labute approximate surface area is 325 Å². The number of aromatic nitrogens is 4. The average molecular weight is 733 g/mol. The molecule has 13 rings (SSSR count). The van der Waals surface area contributed by atoms with E-state index in [2.05, 4.69) is 166 Å². The van der Waals surface area contributed by atoms with Crippen LogP contribution in [0.4, 0.5) is 0 Å². The maximum absolute atomic E-state index is 6.72. The summed E-state index contributed by atoms with van der Waals surface area (Å²) in [6.45, 7) is 2.17. The highest BCUT2D eigenvalue weighted by molar-refractivity contribution is 6.13. The molecular formula is C51H32N4O2. The summed E-state index contributed by atoms with van der Waals surface area (Å²) >= 11 is 0. The summed E-state index contributed by atoms with van der Waals surface area (Å²) in [5.41, 5.74) is 15.7. The highest BCUT2D eigenvalue weighted by atomic mass is 16.3. The van der Waals surface area contributed by atoms with Crippen LogP contribution in [0.1, 0.15) is 16.7 Å². The van der Waals surface area contributed by atoms with Crippen molar-refractivity contribution < 1.29 is 8.83 Å². The van der Waals surface area contributed by atoms with Gasteiger partial charge in [0.15, 0.2) is 11.2 Å². The molecular weight excluding hydrogens is 701 g/mol. The Morgan fingerprint density at radius 2 is 1.02 bits per heavy atom. The molecule has 5 aromatic heterocycles. The third-order valence-electron chi connectivity index (χ3n) is 11.9. The van der Waals surface area contributed by atoms with E-state index in [1.54, 1.807) is 0 Å². The van der Waals surface area contributed by atoms with Crippen LogP contribution in [0.2, 0.25) is 0 Å². The number of furan rings is 2. The van der Waals surface area contributed by atoms with Gasteiger partial charge in [0, 0.05) is 32.3 Å². The van der Waals surface area contributed by atoms with E-state index < -0.39 is 0 Å². The van der Waals surface area contributed by atoms with E-state index in [9.17, 15) is 0 Å². The minimum atomic E-state index is 0.738. The van der Waals surface area contributed by atoms with Crippen LogP contribution in [-0.4, -0.2) is 18.5 Å². The molecule has 0 saturated carbocycles. The molecule has 0 atom stereocenters. The van der Waals surface area contributed by atoms with Crippen LogP contribution in [0.5, 0.6) is 0 Å². The summed E-state index contributed by atoms with van der Waals surface area (Å²) < 4.78 is 20.2. The second-order valence-electron chi connectivity index (χ2n) is 15.3. The van der Waals surface area contributed by atoms with E-state index in [4.69, 9.17) is 13.8 Å². The summed E-state index contributed by atoms with van der Waals surface area (Å²) in [6.07, 6.45) is 0.738. The van der Waals surface area contributed by atoms with E-state index in [-0.39, 0.29) is 0 Å². The molecule has 8 aromatic carbocycles. The van der Waals surface area contributed by atoms with Crippen molar-refractivity contribution in [3.63, 3.8) is 0 Å². The highest BCUT2D eigenvalue weighted by Gasteiger charge is 2.23. The van der Waals surface area contributed by atoms with Crippen molar-refractivity contribution in [2.24, 2.45) is 0 Å². The smallest absolute Gasteiger partial charge is 0.220 e. The molecule has 0 bridgehead atoms. The molecule has 0 amide bonds. The molecule has 0 aliphatic rings. The number of fused-ring (bicyclic) bond motifs is 14. The van der Waals surface area contributed by atoms with Gasteiger partial charge in [-0.25, -0.2) is 4.98 Å². The maximum Gasteiger partial charge on any atom is 0.220 e. The van der Waals surface area contributed by atoms with Crippen LogP contribution in [0.25, 0.3) is 105 Å². The second-order valence-corrected chi connectivity index (χ2v) is 15.3. The average Bonchev–Trinajstić information content (AvgIpc) is 4.05. The fraction of sp³-hybridized carbons (Fsp3) is 0.0392. The van der Waals surface area contributed by atoms with E-state index in [0.717, 1.165) is 101 Å². The Hall–Kier alpha value is -7.57. The lowest BCUT2D eigenvalue weighted by Gasteiger charge is -2.11. The van der Waals surface area contributed by atoms with Crippen molar-refractivity contribution >= 4 is 93.5 Å². The fourth-order valence-electron chi connectivity index (χ4n) is 9.46. The van der Waals surface area contributed by atoms with Crippen LogP contribution >= 0.6 is 0 Å². The first-order chi connectivity index (χ1) is 28.2. The molecule has 0 N–H and O–H groups in total. The van der Waals surface area contributed by atoms with Gasteiger partial charge in [0.1, 0.15) is 11.2 Å². The van der Waals surface area contributed by atoms with Crippen molar-refractivity contribution in [2.45, 2.75) is 13.3 Å². The molecule has 0 aliphatic heterocycles. The third-order valence-corrected chi connectivity index (χ3v) is 11.9. The first kappa shape index (κ1) is 30.7. The van der Waals surface area contributed by atoms with Gasteiger partial charge in [-0.05, 0) is 109 Å². The lowest BCUT2D eigenvalue weighted by molar-refractivity contribution is 0.665. The Balaban J connectivity index is 1.03. The number of rotatable bonds is 4. The van der Waals surface area contributed by atoms with Gasteiger partial charge in [0.05, 0.1) is 44.5 Å². The minimum Gasteiger partial charge on any atom is -0.454 e. The fourth-order valence-corrected chi connectivity index (χ4v) is 9.46. The lowest BCUT2D eigenvalue weighted by Crippen LogP contribution is -1.99. The van der Waals surface area contributed by atoms with Crippen LogP contribution in [0.3, 0.4) is 0 Å². The number of nitrogens with zero attached hydrogens (tertiary/aromatic N) is 4. The number of imidazole rings is 2. The maximum atomic E-state index is 6.72.